The number of anilines is 1. The number of para-hydroxylation sites is 1. The van der Waals surface area contributed by atoms with Crippen LogP contribution in [0.3, 0.4) is 0 Å². The van der Waals surface area contributed by atoms with Crippen LogP contribution in [-0.2, 0) is 4.79 Å². The third-order valence-corrected chi connectivity index (χ3v) is 3.61. The van der Waals surface area contributed by atoms with E-state index in [9.17, 15) is 19.7 Å². The zero-order valence-electron chi connectivity index (χ0n) is 10.6. The van der Waals surface area contributed by atoms with E-state index in [0.717, 1.165) is 4.90 Å². The monoisotopic (exact) mass is 306 g/mol. The highest BCUT2D eigenvalue weighted by Crippen LogP contribution is 2.26. The van der Waals surface area contributed by atoms with Gasteiger partial charge in [0.05, 0.1) is 9.80 Å². The predicted octanol–water partition coefficient (Wildman–Crippen LogP) is 2.39. The highest BCUT2D eigenvalue weighted by atomic mass is 32.1. The Labute approximate surface area is 123 Å². The zero-order valence-corrected chi connectivity index (χ0v) is 11.4. The summed E-state index contributed by atoms with van der Waals surface area (Å²) in [6, 6.07) is 10.8. The molecule has 0 aliphatic rings. The topological polar surface area (TPSA) is 101 Å². The Morgan fingerprint density at radius 2 is 1.86 bits per heavy atom. The lowest BCUT2D eigenvalue weighted by Gasteiger charge is -2.19. The third-order valence-electron chi connectivity index (χ3n) is 2.59. The molecule has 0 aliphatic carbocycles. The molecule has 1 heterocycles. The van der Waals surface area contributed by atoms with Crippen molar-refractivity contribution < 1.29 is 19.6 Å². The molecule has 0 radical (unpaired) electrons. The Morgan fingerprint density at radius 1 is 1.19 bits per heavy atom. The molecule has 21 heavy (non-hydrogen) atoms. The highest BCUT2D eigenvalue weighted by molar-refractivity contribution is 7.17. The number of nitro groups is 1. The Morgan fingerprint density at radius 3 is 2.38 bits per heavy atom. The second-order valence-electron chi connectivity index (χ2n) is 4.02. The van der Waals surface area contributed by atoms with Gasteiger partial charge >= 0.3 is 11.0 Å². The van der Waals surface area contributed by atoms with Gasteiger partial charge in [-0.2, -0.15) is 0 Å². The number of benzene rings is 1. The highest BCUT2D eigenvalue weighted by Gasteiger charge is 2.23. The molecule has 2 rings (SSSR count). The molecule has 1 amide bonds. The Bertz CT molecular complexity index is 683. The summed E-state index contributed by atoms with van der Waals surface area (Å²) in [5.41, 5.74) is 0.418. The maximum atomic E-state index is 12.4. The van der Waals surface area contributed by atoms with Crippen LogP contribution in [0.5, 0.6) is 0 Å². The summed E-state index contributed by atoms with van der Waals surface area (Å²) in [5, 5.41) is 19.4. The Hall–Kier alpha value is -2.74. The average Bonchev–Trinajstić information content (AvgIpc) is 2.95. The van der Waals surface area contributed by atoms with Gasteiger partial charge in [0.2, 0.25) is 0 Å². The van der Waals surface area contributed by atoms with Gasteiger partial charge in [-0.3, -0.25) is 24.6 Å². The molecule has 0 fully saturated rings. The van der Waals surface area contributed by atoms with Crippen LogP contribution in [0.4, 0.5) is 10.7 Å². The van der Waals surface area contributed by atoms with E-state index in [2.05, 4.69) is 0 Å². The van der Waals surface area contributed by atoms with Gasteiger partial charge in [-0.1, -0.05) is 29.5 Å². The molecule has 108 valence electrons. The standard InChI is InChI=1S/C13H10N2O5S/c16-12(17)8-14(9-4-2-1-3-5-9)13(18)10-6-7-11(21-10)15(19)20/h1-7H,8H2,(H,16,17). The van der Waals surface area contributed by atoms with Gasteiger partial charge in [0, 0.05) is 11.8 Å². The van der Waals surface area contributed by atoms with E-state index in [1.165, 1.54) is 12.1 Å². The van der Waals surface area contributed by atoms with E-state index in [1.807, 2.05) is 0 Å². The van der Waals surface area contributed by atoms with E-state index in [4.69, 9.17) is 5.11 Å². The van der Waals surface area contributed by atoms with Crippen LogP contribution in [-0.4, -0.2) is 28.5 Å². The number of carboxylic acid groups (broad SMARTS) is 1. The summed E-state index contributed by atoms with van der Waals surface area (Å²) in [6.45, 7) is -0.519. The van der Waals surface area contributed by atoms with Crippen molar-refractivity contribution in [2.75, 3.05) is 11.4 Å². The number of carbonyl (C=O) groups excluding carboxylic acids is 1. The number of amides is 1. The van der Waals surface area contributed by atoms with Crippen LogP contribution in [0.15, 0.2) is 42.5 Å². The van der Waals surface area contributed by atoms with E-state index in [0.29, 0.717) is 17.0 Å². The lowest BCUT2D eigenvalue weighted by Crippen LogP contribution is -2.35. The summed E-state index contributed by atoms with van der Waals surface area (Å²) in [7, 11) is 0. The molecule has 1 aromatic carbocycles. The van der Waals surface area contributed by atoms with Gasteiger partial charge in [0.15, 0.2) is 0 Å². The van der Waals surface area contributed by atoms with Crippen LogP contribution in [0.2, 0.25) is 0 Å². The van der Waals surface area contributed by atoms with Crippen molar-refractivity contribution in [3.63, 3.8) is 0 Å². The number of carbonyl (C=O) groups is 2. The molecular formula is C13H10N2O5S. The number of thiophene rings is 1. The van der Waals surface area contributed by atoms with Gasteiger partial charge in [0.25, 0.3) is 5.91 Å². The second-order valence-corrected chi connectivity index (χ2v) is 5.08. The van der Waals surface area contributed by atoms with Crippen molar-refractivity contribution in [3.05, 3.63) is 57.5 Å². The Kier molecular flexibility index (Phi) is 4.29. The predicted molar refractivity (Wildman–Crippen MR) is 76.7 cm³/mol. The lowest BCUT2D eigenvalue weighted by molar-refractivity contribution is -0.380. The van der Waals surface area contributed by atoms with Crippen LogP contribution in [0.25, 0.3) is 0 Å². The zero-order chi connectivity index (χ0) is 15.4. The third kappa shape index (κ3) is 3.42. The molecule has 0 saturated heterocycles. The van der Waals surface area contributed by atoms with Crippen LogP contribution >= 0.6 is 11.3 Å². The lowest BCUT2D eigenvalue weighted by atomic mass is 10.2. The van der Waals surface area contributed by atoms with Crippen LogP contribution < -0.4 is 4.90 Å². The quantitative estimate of drug-likeness (QED) is 0.675. The first kappa shape index (κ1) is 14.7. The number of aliphatic carboxylic acids is 1. The average molecular weight is 306 g/mol. The van der Waals surface area contributed by atoms with Crippen molar-refractivity contribution >= 4 is 33.9 Å². The molecule has 0 spiro atoms. The largest absolute Gasteiger partial charge is 0.480 e. The fourth-order valence-electron chi connectivity index (χ4n) is 1.70. The van der Waals surface area contributed by atoms with Crippen molar-refractivity contribution in [2.24, 2.45) is 0 Å². The molecule has 1 N–H and O–H groups in total. The fraction of sp³-hybridized carbons (Fsp3) is 0.0769. The minimum atomic E-state index is -1.17. The molecule has 0 atom stereocenters. The minimum Gasteiger partial charge on any atom is -0.480 e. The van der Waals surface area contributed by atoms with Crippen LogP contribution in [0.1, 0.15) is 9.67 Å². The normalized spacial score (nSPS) is 10.1. The Balaban J connectivity index is 2.33. The number of rotatable bonds is 5. The number of hydrogen-bond acceptors (Lipinski definition) is 5. The van der Waals surface area contributed by atoms with Gasteiger partial charge in [-0.15, -0.1) is 0 Å². The summed E-state index contributed by atoms with van der Waals surface area (Å²) < 4.78 is 0. The molecular weight excluding hydrogens is 296 g/mol. The summed E-state index contributed by atoms with van der Waals surface area (Å²) >= 11 is 0.716. The fourth-order valence-corrected chi connectivity index (χ4v) is 2.47. The second kappa shape index (κ2) is 6.14. The molecule has 0 aliphatic heterocycles. The van der Waals surface area contributed by atoms with Gasteiger partial charge < -0.3 is 5.11 Å². The molecule has 2 aromatic rings. The first-order valence-corrected chi connectivity index (χ1v) is 6.63. The van der Waals surface area contributed by atoms with Gasteiger partial charge in [-0.25, -0.2) is 0 Å². The van der Waals surface area contributed by atoms with Gasteiger partial charge in [0.1, 0.15) is 6.54 Å². The van der Waals surface area contributed by atoms with E-state index in [1.54, 1.807) is 30.3 Å². The van der Waals surface area contributed by atoms with E-state index >= 15 is 0 Å². The maximum Gasteiger partial charge on any atom is 0.324 e. The molecule has 8 heteroatoms. The number of carboxylic acids is 1. The van der Waals surface area contributed by atoms with E-state index in [-0.39, 0.29) is 9.88 Å². The van der Waals surface area contributed by atoms with Crippen molar-refractivity contribution in [1.82, 2.24) is 0 Å². The van der Waals surface area contributed by atoms with Crippen molar-refractivity contribution in [3.8, 4) is 0 Å². The van der Waals surface area contributed by atoms with Crippen molar-refractivity contribution in [1.29, 1.82) is 0 Å². The number of nitrogens with zero attached hydrogens (tertiary/aromatic N) is 2. The SMILES string of the molecule is O=C(O)CN(C(=O)c1ccc([N+](=O)[O-])s1)c1ccccc1. The summed E-state index contributed by atoms with van der Waals surface area (Å²) in [5.74, 6) is -1.75. The smallest absolute Gasteiger partial charge is 0.324 e. The minimum absolute atomic E-state index is 0.117. The summed E-state index contributed by atoms with van der Waals surface area (Å²) in [4.78, 5) is 34.5. The molecule has 0 saturated carbocycles. The van der Waals surface area contributed by atoms with Gasteiger partial charge in [-0.05, 0) is 18.2 Å². The van der Waals surface area contributed by atoms with E-state index < -0.39 is 23.3 Å². The summed E-state index contributed by atoms with van der Waals surface area (Å²) in [6.07, 6.45) is 0. The maximum absolute atomic E-state index is 12.4. The molecule has 0 unspecified atom stereocenters. The van der Waals surface area contributed by atoms with Crippen LogP contribution in [0, 0.1) is 10.1 Å². The number of hydrogen-bond donors (Lipinski definition) is 1. The van der Waals surface area contributed by atoms with Crippen molar-refractivity contribution in [2.45, 2.75) is 0 Å². The molecule has 7 nitrogen and oxygen atoms in total. The first-order valence-electron chi connectivity index (χ1n) is 5.82. The molecule has 1 aromatic heterocycles. The molecule has 0 bridgehead atoms. The first-order chi connectivity index (χ1) is 9.99.